The van der Waals surface area contributed by atoms with E-state index in [2.05, 4.69) is 0 Å². The number of nitrogens with two attached hydrogens (primary N) is 1. The quantitative estimate of drug-likeness (QED) is 0.618. The SMILES string of the molecule is Nc1cc(Cl)c(F)cc1NCC(F)(F)F. The predicted octanol–water partition coefficient (Wildman–Crippen LogP) is 3.04. The Morgan fingerprint density at radius 2 is 1.93 bits per heavy atom. The molecule has 1 rings (SSSR count). The van der Waals surface area contributed by atoms with Crippen molar-refractivity contribution >= 4 is 23.0 Å². The number of hydrogen-bond acceptors (Lipinski definition) is 2. The van der Waals surface area contributed by atoms with Crippen molar-refractivity contribution < 1.29 is 17.6 Å². The van der Waals surface area contributed by atoms with Gasteiger partial charge in [0.1, 0.15) is 12.4 Å². The summed E-state index contributed by atoms with van der Waals surface area (Å²) < 4.78 is 48.4. The van der Waals surface area contributed by atoms with Gasteiger partial charge >= 0.3 is 6.18 Å². The van der Waals surface area contributed by atoms with Gasteiger partial charge in [-0.25, -0.2) is 4.39 Å². The first-order valence-corrected chi connectivity index (χ1v) is 4.22. The van der Waals surface area contributed by atoms with E-state index in [1.165, 1.54) is 0 Å². The third-order valence-electron chi connectivity index (χ3n) is 1.57. The van der Waals surface area contributed by atoms with Crippen molar-refractivity contribution in [1.82, 2.24) is 0 Å². The minimum atomic E-state index is -4.39. The van der Waals surface area contributed by atoms with Crippen LogP contribution in [0, 0.1) is 5.82 Å². The molecule has 0 saturated carbocycles. The largest absolute Gasteiger partial charge is 0.405 e. The summed E-state index contributed by atoms with van der Waals surface area (Å²) in [6.45, 7) is -1.28. The maximum absolute atomic E-state index is 12.9. The molecule has 2 nitrogen and oxygen atoms in total. The maximum atomic E-state index is 12.9. The summed E-state index contributed by atoms with van der Waals surface area (Å²) in [4.78, 5) is 0. The van der Waals surface area contributed by atoms with Crippen LogP contribution in [-0.4, -0.2) is 12.7 Å². The lowest BCUT2D eigenvalue weighted by Gasteiger charge is -2.12. The van der Waals surface area contributed by atoms with Crippen LogP contribution in [0.15, 0.2) is 12.1 Å². The van der Waals surface area contributed by atoms with E-state index in [9.17, 15) is 17.6 Å². The molecule has 7 heteroatoms. The molecular formula is C8H7ClF4N2. The van der Waals surface area contributed by atoms with Gasteiger partial charge in [0.2, 0.25) is 0 Å². The minimum Gasteiger partial charge on any atom is -0.397 e. The summed E-state index contributed by atoms with van der Waals surface area (Å²) in [6, 6.07) is 1.87. The maximum Gasteiger partial charge on any atom is 0.405 e. The third-order valence-corrected chi connectivity index (χ3v) is 1.86. The summed E-state index contributed by atoms with van der Waals surface area (Å²) in [5.74, 6) is -0.824. The Bertz CT molecular complexity index is 364. The molecule has 0 saturated heterocycles. The van der Waals surface area contributed by atoms with Gasteiger partial charge in [0, 0.05) is 6.07 Å². The first-order valence-electron chi connectivity index (χ1n) is 3.85. The van der Waals surface area contributed by atoms with Crippen LogP contribution in [0.2, 0.25) is 5.02 Å². The summed E-state index contributed by atoms with van der Waals surface area (Å²) in [5, 5.41) is 1.74. The Labute approximate surface area is 88.0 Å². The Balaban J connectivity index is 2.82. The average molecular weight is 243 g/mol. The number of nitrogens with one attached hydrogen (secondary N) is 1. The van der Waals surface area contributed by atoms with Crippen molar-refractivity contribution in [3.63, 3.8) is 0 Å². The van der Waals surface area contributed by atoms with Gasteiger partial charge in [-0.2, -0.15) is 13.2 Å². The fourth-order valence-corrected chi connectivity index (χ4v) is 1.08. The standard InChI is InChI=1S/C8H7ClF4N2/c9-4-1-6(14)7(2-5(4)10)15-3-8(11,12)13/h1-2,15H,3,14H2. The normalized spacial score (nSPS) is 11.5. The first-order chi connectivity index (χ1) is 6.79. The molecule has 0 radical (unpaired) electrons. The molecule has 0 aliphatic rings. The second-order valence-electron chi connectivity index (χ2n) is 2.82. The van der Waals surface area contributed by atoms with E-state index in [0.29, 0.717) is 0 Å². The zero-order valence-electron chi connectivity index (χ0n) is 7.33. The van der Waals surface area contributed by atoms with E-state index in [-0.39, 0.29) is 16.4 Å². The second kappa shape index (κ2) is 4.14. The highest BCUT2D eigenvalue weighted by atomic mass is 35.5. The number of nitrogen functional groups attached to an aromatic ring is 1. The topological polar surface area (TPSA) is 38.0 Å². The van der Waals surface area contributed by atoms with Crippen molar-refractivity contribution in [2.75, 3.05) is 17.6 Å². The zero-order valence-corrected chi connectivity index (χ0v) is 8.08. The van der Waals surface area contributed by atoms with E-state index in [0.717, 1.165) is 12.1 Å². The molecule has 0 aliphatic carbocycles. The molecule has 84 valence electrons. The van der Waals surface area contributed by atoms with Crippen LogP contribution in [0.1, 0.15) is 0 Å². The molecule has 0 amide bonds. The molecule has 0 heterocycles. The van der Waals surface area contributed by atoms with Crippen LogP contribution in [0.25, 0.3) is 0 Å². The average Bonchev–Trinajstić information content (AvgIpc) is 2.07. The van der Waals surface area contributed by atoms with Gasteiger partial charge in [-0.15, -0.1) is 0 Å². The number of rotatable bonds is 2. The van der Waals surface area contributed by atoms with Crippen LogP contribution in [-0.2, 0) is 0 Å². The van der Waals surface area contributed by atoms with E-state index in [1.807, 2.05) is 5.32 Å². The van der Waals surface area contributed by atoms with Gasteiger partial charge in [-0.3, -0.25) is 0 Å². The van der Waals surface area contributed by atoms with Gasteiger partial charge in [-0.1, -0.05) is 11.6 Å². The van der Waals surface area contributed by atoms with Crippen molar-refractivity contribution in [3.8, 4) is 0 Å². The summed E-state index contributed by atoms with van der Waals surface area (Å²) in [7, 11) is 0. The molecule has 1 aromatic carbocycles. The molecule has 15 heavy (non-hydrogen) atoms. The lowest BCUT2D eigenvalue weighted by atomic mass is 10.2. The molecule has 0 fully saturated rings. The van der Waals surface area contributed by atoms with Crippen LogP contribution < -0.4 is 11.1 Å². The van der Waals surface area contributed by atoms with E-state index >= 15 is 0 Å². The molecule has 0 aromatic heterocycles. The van der Waals surface area contributed by atoms with Gasteiger partial charge in [-0.05, 0) is 6.07 Å². The van der Waals surface area contributed by atoms with Crippen molar-refractivity contribution in [3.05, 3.63) is 23.0 Å². The Hall–Kier alpha value is -1.17. The fourth-order valence-electron chi connectivity index (χ4n) is 0.911. The summed E-state index contributed by atoms with van der Waals surface area (Å²) in [6.07, 6.45) is -4.39. The van der Waals surface area contributed by atoms with Crippen LogP contribution in [0.5, 0.6) is 0 Å². The predicted molar refractivity (Wildman–Crippen MR) is 50.4 cm³/mol. The minimum absolute atomic E-state index is 0.0364. The number of hydrogen-bond donors (Lipinski definition) is 2. The van der Waals surface area contributed by atoms with Gasteiger partial charge in [0.15, 0.2) is 0 Å². The molecule has 0 aliphatic heterocycles. The smallest absolute Gasteiger partial charge is 0.397 e. The van der Waals surface area contributed by atoms with Crippen molar-refractivity contribution in [1.29, 1.82) is 0 Å². The summed E-state index contributed by atoms with van der Waals surface area (Å²) in [5.41, 5.74) is 5.17. The number of benzene rings is 1. The highest BCUT2D eigenvalue weighted by Gasteiger charge is 2.27. The van der Waals surface area contributed by atoms with Gasteiger partial charge < -0.3 is 11.1 Å². The Morgan fingerprint density at radius 1 is 1.33 bits per heavy atom. The van der Waals surface area contributed by atoms with Gasteiger partial charge in [0.05, 0.1) is 16.4 Å². The van der Waals surface area contributed by atoms with Crippen molar-refractivity contribution in [2.45, 2.75) is 6.18 Å². The van der Waals surface area contributed by atoms with E-state index in [1.54, 1.807) is 0 Å². The van der Waals surface area contributed by atoms with Crippen LogP contribution in [0.4, 0.5) is 28.9 Å². The lowest BCUT2D eigenvalue weighted by molar-refractivity contribution is -0.115. The third kappa shape index (κ3) is 3.47. The molecular weight excluding hydrogens is 236 g/mol. The zero-order chi connectivity index (χ0) is 11.6. The second-order valence-corrected chi connectivity index (χ2v) is 3.23. The molecule has 0 bridgehead atoms. The van der Waals surface area contributed by atoms with Crippen LogP contribution in [0.3, 0.4) is 0 Å². The fraction of sp³-hybridized carbons (Fsp3) is 0.250. The molecule has 0 atom stereocenters. The number of alkyl halides is 3. The monoisotopic (exact) mass is 242 g/mol. The highest BCUT2D eigenvalue weighted by molar-refractivity contribution is 6.31. The molecule has 0 spiro atoms. The molecule has 1 aromatic rings. The highest BCUT2D eigenvalue weighted by Crippen LogP contribution is 2.27. The lowest BCUT2D eigenvalue weighted by Crippen LogP contribution is -2.21. The first kappa shape index (κ1) is 11.9. The van der Waals surface area contributed by atoms with E-state index in [4.69, 9.17) is 17.3 Å². The molecule has 0 unspecified atom stereocenters. The Morgan fingerprint density at radius 3 is 2.47 bits per heavy atom. The summed E-state index contributed by atoms with van der Waals surface area (Å²) >= 11 is 5.37. The van der Waals surface area contributed by atoms with E-state index < -0.39 is 18.5 Å². The number of anilines is 2. The number of halogens is 5. The molecule has 3 N–H and O–H groups in total. The van der Waals surface area contributed by atoms with Gasteiger partial charge in [0.25, 0.3) is 0 Å². The Kier molecular flexibility index (Phi) is 3.28. The van der Waals surface area contributed by atoms with Crippen LogP contribution >= 0.6 is 11.6 Å². The van der Waals surface area contributed by atoms with Crippen molar-refractivity contribution in [2.24, 2.45) is 0 Å².